The summed E-state index contributed by atoms with van der Waals surface area (Å²) in [5.74, 6) is 0.455. The summed E-state index contributed by atoms with van der Waals surface area (Å²) in [6.07, 6.45) is 0. The van der Waals surface area contributed by atoms with Gasteiger partial charge in [-0.1, -0.05) is 38.1 Å². The molecule has 3 N–H and O–H groups in total. The molecule has 0 aromatic heterocycles. The summed E-state index contributed by atoms with van der Waals surface area (Å²) in [6.45, 7) is 10.7. The Morgan fingerprint density at radius 3 is 2.30 bits per heavy atom. The minimum atomic E-state index is 0. The van der Waals surface area contributed by atoms with Crippen LogP contribution in [0, 0.1) is 0 Å². The predicted molar refractivity (Wildman–Crippen MR) is 108 cm³/mol. The lowest BCUT2D eigenvalue weighted by Gasteiger charge is -2.18. The van der Waals surface area contributed by atoms with Crippen molar-refractivity contribution in [1.29, 1.82) is 0 Å². The van der Waals surface area contributed by atoms with Gasteiger partial charge in [-0.25, -0.2) is 4.99 Å². The molecule has 0 saturated heterocycles. The van der Waals surface area contributed by atoms with Crippen LogP contribution in [-0.2, 0) is 17.8 Å². The molecule has 1 atom stereocenters. The smallest absolute Gasteiger partial charge is 0.189 e. The Hall–Kier alpha value is -0.860. The Kier molecular flexibility index (Phi) is 12.1. The number of guanidine groups is 1. The van der Waals surface area contributed by atoms with E-state index >= 15 is 0 Å². The summed E-state index contributed by atoms with van der Waals surface area (Å²) in [6, 6.07) is 8.73. The molecule has 23 heavy (non-hydrogen) atoms. The fourth-order valence-corrected chi connectivity index (χ4v) is 2.22. The SMILES string of the molecule is CCN(CC)Cc1ccc(CN=C(N)NC(C)COC)cc1.I. The number of aliphatic imine (C=N–C) groups is 1. The normalized spacial score (nSPS) is 12.8. The Balaban J connectivity index is 0.00000484. The predicted octanol–water partition coefficient (Wildman–Crippen LogP) is 2.59. The van der Waals surface area contributed by atoms with Crippen LogP contribution in [-0.4, -0.2) is 43.7 Å². The quantitative estimate of drug-likeness (QED) is 0.356. The molecule has 0 heterocycles. The molecule has 5 nitrogen and oxygen atoms in total. The lowest BCUT2D eigenvalue weighted by Crippen LogP contribution is -2.40. The van der Waals surface area contributed by atoms with Gasteiger partial charge in [0.1, 0.15) is 0 Å². The number of hydrogen-bond donors (Lipinski definition) is 2. The average Bonchev–Trinajstić information content (AvgIpc) is 2.52. The van der Waals surface area contributed by atoms with E-state index in [1.54, 1.807) is 7.11 Å². The second-order valence-electron chi connectivity index (χ2n) is 5.48. The van der Waals surface area contributed by atoms with Gasteiger partial charge in [0, 0.05) is 19.7 Å². The molecule has 132 valence electrons. The maximum Gasteiger partial charge on any atom is 0.189 e. The van der Waals surface area contributed by atoms with Crippen LogP contribution in [0.5, 0.6) is 0 Å². The van der Waals surface area contributed by atoms with Gasteiger partial charge in [0.2, 0.25) is 0 Å². The number of rotatable bonds is 9. The molecule has 0 aliphatic heterocycles. The molecule has 1 aromatic rings. The van der Waals surface area contributed by atoms with Crippen molar-refractivity contribution in [3.05, 3.63) is 35.4 Å². The van der Waals surface area contributed by atoms with Crippen LogP contribution in [0.2, 0.25) is 0 Å². The number of benzene rings is 1. The molecular formula is C17H31IN4O. The van der Waals surface area contributed by atoms with Gasteiger partial charge in [-0.05, 0) is 31.1 Å². The topological polar surface area (TPSA) is 62.9 Å². The second-order valence-corrected chi connectivity index (χ2v) is 5.48. The van der Waals surface area contributed by atoms with Crippen molar-refractivity contribution in [3.8, 4) is 0 Å². The molecule has 0 aliphatic rings. The summed E-state index contributed by atoms with van der Waals surface area (Å²) in [5, 5.41) is 3.10. The highest BCUT2D eigenvalue weighted by atomic mass is 127. The van der Waals surface area contributed by atoms with Crippen LogP contribution in [0.3, 0.4) is 0 Å². The van der Waals surface area contributed by atoms with E-state index in [4.69, 9.17) is 10.5 Å². The first kappa shape index (κ1) is 22.1. The van der Waals surface area contributed by atoms with E-state index < -0.39 is 0 Å². The van der Waals surface area contributed by atoms with Crippen molar-refractivity contribution in [2.75, 3.05) is 26.8 Å². The van der Waals surface area contributed by atoms with E-state index in [-0.39, 0.29) is 30.0 Å². The van der Waals surface area contributed by atoms with Gasteiger partial charge in [-0.2, -0.15) is 0 Å². The molecule has 0 amide bonds. The molecule has 1 aromatic carbocycles. The van der Waals surface area contributed by atoms with Crippen molar-refractivity contribution >= 4 is 29.9 Å². The third-order valence-electron chi connectivity index (χ3n) is 3.57. The zero-order valence-corrected chi connectivity index (χ0v) is 17.0. The van der Waals surface area contributed by atoms with Crippen molar-refractivity contribution < 1.29 is 4.74 Å². The first-order valence-corrected chi connectivity index (χ1v) is 7.94. The lowest BCUT2D eigenvalue weighted by atomic mass is 10.1. The van der Waals surface area contributed by atoms with E-state index in [1.807, 2.05) is 6.92 Å². The molecule has 0 spiro atoms. The lowest BCUT2D eigenvalue weighted by molar-refractivity contribution is 0.179. The minimum Gasteiger partial charge on any atom is -0.383 e. The van der Waals surface area contributed by atoms with Gasteiger partial charge in [0.05, 0.1) is 13.2 Å². The first-order chi connectivity index (χ1) is 10.6. The molecule has 1 rings (SSSR count). The molecule has 0 aliphatic carbocycles. The Bertz CT molecular complexity index is 446. The van der Waals surface area contributed by atoms with Crippen LogP contribution >= 0.6 is 24.0 Å². The molecule has 0 bridgehead atoms. The van der Waals surface area contributed by atoms with Crippen LogP contribution < -0.4 is 11.1 Å². The zero-order valence-electron chi connectivity index (χ0n) is 14.7. The summed E-state index contributed by atoms with van der Waals surface area (Å²) >= 11 is 0. The van der Waals surface area contributed by atoms with Crippen LogP contribution in [0.15, 0.2) is 29.3 Å². The van der Waals surface area contributed by atoms with Gasteiger partial charge in [-0.3, -0.25) is 4.90 Å². The number of methoxy groups -OCH3 is 1. The number of ether oxygens (including phenoxy) is 1. The van der Waals surface area contributed by atoms with Crippen molar-refractivity contribution in [3.63, 3.8) is 0 Å². The standard InChI is InChI=1S/C17H30N4O.HI/c1-5-21(6-2)12-16-9-7-15(8-10-16)11-19-17(18)20-14(3)13-22-4;/h7-10,14H,5-6,11-13H2,1-4H3,(H3,18,19,20);1H. The van der Waals surface area contributed by atoms with Gasteiger partial charge in [-0.15, -0.1) is 24.0 Å². The summed E-state index contributed by atoms with van der Waals surface area (Å²) in [5.41, 5.74) is 8.35. The van der Waals surface area contributed by atoms with Gasteiger partial charge in [0.25, 0.3) is 0 Å². The Morgan fingerprint density at radius 1 is 1.22 bits per heavy atom. The highest BCUT2D eigenvalue weighted by molar-refractivity contribution is 14.0. The van der Waals surface area contributed by atoms with E-state index in [0.717, 1.165) is 25.2 Å². The molecule has 0 radical (unpaired) electrons. The maximum atomic E-state index is 5.86. The fourth-order valence-electron chi connectivity index (χ4n) is 2.22. The number of nitrogens with two attached hydrogens (primary N) is 1. The van der Waals surface area contributed by atoms with Gasteiger partial charge < -0.3 is 15.8 Å². The van der Waals surface area contributed by atoms with Crippen LogP contribution in [0.4, 0.5) is 0 Å². The molecule has 0 fully saturated rings. The largest absolute Gasteiger partial charge is 0.383 e. The van der Waals surface area contributed by atoms with E-state index in [9.17, 15) is 0 Å². The van der Waals surface area contributed by atoms with Crippen molar-refractivity contribution in [2.45, 2.75) is 39.9 Å². The maximum absolute atomic E-state index is 5.86. The van der Waals surface area contributed by atoms with Crippen molar-refractivity contribution in [1.82, 2.24) is 10.2 Å². The molecular weight excluding hydrogens is 403 g/mol. The Labute approximate surface area is 157 Å². The van der Waals surface area contributed by atoms with E-state index in [2.05, 4.69) is 53.3 Å². The summed E-state index contributed by atoms with van der Waals surface area (Å²) < 4.78 is 5.05. The van der Waals surface area contributed by atoms with Gasteiger partial charge in [0.15, 0.2) is 5.96 Å². The highest BCUT2D eigenvalue weighted by Gasteiger charge is 2.03. The third kappa shape index (κ3) is 9.12. The van der Waals surface area contributed by atoms with Gasteiger partial charge >= 0.3 is 0 Å². The van der Waals surface area contributed by atoms with E-state index in [0.29, 0.717) is 19.1 Å². The van der Waals surface area contributed by atoms with E-state index in [1.165, 1.54) is 5.56 Å². The first-order valence-electron chi connectivity index (χ1n) is 7.94. The summed E-state index contributed by atoms with van der Waals surface area (Å²) in [4.78, 5) is 6.75. The number of nitrogens with zero attached hydrogens (tertiary/aromatic N) is 2. The van der Waals surface area contributed by atoms with Crippen molar-refractivity contribution in [2.24, 2.45) is 10.7 Å². The number of halogens is 1. The fraction of sp³-hybridized carbons (Fsp3) is 0.588. The average molecular weight is 434 g/mol. The van der Waals surface area contributed by atoms with Crippen LogP contribution in [0.25, 0.3) is 0 Å². The third-order valence-corrected chi connectivity index (χ3v) is 3.57. The molecule has 0 saturated carbocycles. The second kappa shape index (κ2) is 12.5. The van der Waals surface area contributed by atoms with Crippen LogP contribution in [0.1, 0.15) is 31.9 Å². The molecule has 1 unspecified atom stereocenters. The summed E-state index contributed by atoms with van der Waals surface area (Å²) in [7, 11) is 1.67. The zero-order chi connectivity index (χ0) is 16.4. The molecule has 6 heteroatoms. The Morgan fingerprint density at radius 2 is 1.78 bits per heavy atom. The number of hydrogen-bond acceptors (Lipinski definition) is 3. The minimum absolute atomic E-state index is 0. The monoisotopic (exact) mass is 434 g/mol. The number of nitrogens with one attached hydrogen (secondary N) is 1. The highest BCUT2D eigenvalue weighted by Crippen LogP contribution is 2.08.